The minimum atomic E-state index is 0.371. The average molecular weight is 329 g/mol. The van der Waals surface area contributed by atoms with E-state index < -0.39 is 0 Å². The lowest BCUT2D eigenvalue weighted by Crippen LogP contribution is -2.38. The first-order chi connectivity index (χ1) is 11.5. The van der Waals surface area contributed by atoms with Gasteiger partial charge in [0, 0.05) is 25.4 Å². The normalized spacial score (nSPS) is 16.1. The molecule has 0 unspecified atom stereocenters. The molecule has 0 spiro atoms. The second-order valence-electron chi connectivity index (χ2n) is 6.99. The standard InChI is InChI=1S/C18H27N5O/c1-13(2)12-24-16-5-7-22(8-6-16)17-10-19-11-18(20-17)23-15(4)9-14(3)21-23/h9-11,13,16H,5-8,12H2,1-4H3. The fourth-order valence-corrected chi connectivity index (χ4v) is 3.04. The van der Waals surface area contributed by atoms with Crippen LogP contribution >= 0.6 is 0 Å². The number of aryl methyl sites for hydroxylation is 2. The summed E-state index contributed by atoms with van der Waals surface area (Å²) in [6.07, 6.45) is 6.05. The SMILES string of the molecule is Cc1cc(C)n(-c2cncc(N3CCC(OCC(C)C)CC3)n2)n1. The van der Waals surface area contributed by atoms with Crippen LogP contribution in [0.4, 0.5) is 5.82 Å². The van der Waals surface area contributed by atoms with Crippen LogP contribution in [-0.2, 0) is 4.74 Å². The molecule has 6 heteroatoms. The van der Waals surface area contributed by atoms with Gasteiger partial charge in [0.05, 0.1) is 24.2 Å². The number of aromatic nitrogens is 4. The van der Waals surface area contributed by atoms with Crippen molar-refractivity contribution in [2.24, 2.45) is 5.92 Å². The predicted octanol–water partition coefficient (Wildman–Crippen LogP) is 2.92. The van der Waals surface area contributed by atoms with Crippen molar-refractivity contribution in [2.75, 3.05) is 24.6 Å². The Balaban J connectivity index is 1.66. The Morgan fingerprint density at radius 3 is 2.50 bits per heavy atom. The third kappa shape index (κ3) is 3.93. The van der Waals surface area contributed by atoms with Gasteiger partial charge in [0.1, 0.15) is 5.82 Å². The highest BCUT2D eigenvalue weighted by atomic mass is 16.5. The smallest absolute Gasteiger partial charge is 0.174 e. The molecule has 24 heavy (non-hydrogen) atoms. The van der Waals surface area contributed by atoms with Crippen LogP contribution in [0.5, 0.6) is 0 Å². The number of hydrogen-bond acceptors (Lipinski definition) is 5. The molecule has 6 nitrogen and oxygen atoms in total. The van der Waals surface area contributed by atoms with Crippen molar-refractivity contribution in [3.8, 4) is 5.82 Å². The van der Waals surface area contributed by atoms with Crippen molar-refractivity contribution in [3.63, 3.8) is 0 Å². The fraction of sp³-hybridized carbons (Fsp3) is 0.611. The molecule has 3 heterocycles. The number of nitrogens with zero attached hydrogens (tertiary/aromatic N) is 5. The zero-order chi connectivity index (χ0) is 17.1. The lowest BCUT2D eigenvalue weighted by molar-refractivity contribution is 0.0214. The summed E-state index contributed by atoms with van der Waals surface area (Å²) in [7, 11) is 0. The molecule has 1 aliphatic rings. The van der Waals surface area contributed by atoms with Crippen LogP contribution in [-0.4, -0.2) is 45.5 Å². The van der Waals surface area contributed by atoms with E-state index in [0.29, 0.717) is 12.0 Å². The summed E-state index contributed by atoms with van der Waals surface area (Å²) in [6, 6.07) is 2.05. The van der Waals surface area contributed by atoms with Crippen LogP contribution in [0.3, 0.4) is 0 Å². The summed E-state index contributed by atoms with van der Waals surface area (Å²) in [5.41, 5.74) is 2.06. The predicted molar refractivity (Wildman–Crippen MR) is 94.7 cm³/mol. The van der Waals surface area contributed by atoms with Crippen LogP contribution < -0.4 is 4.90 Å². The van der Waals surface area contributed by atoms with Crippen molar-refractivity contribution in [3.05, 3.63) is 29.8 Å². The number of anilines is 1. The third-order valence-electron chi connectivity index (χ3n) is 4.27. The van der Waals surface area contributed by atoms with Gasteiger partial charge < -0.3 is 9.64 Å². The van der Waals surface area contributed by atoms with Crippen LogP contribution in [0.15, 0.2) is 18.5 Å². The fourth-order valence-electron chi connectivity index (χ4n) is 3.04. The van der Waals surface area contributed by atoms with E-state index in [0.717, 1.165) is 55.6 Å². The maximum Gasteiger partial charge on any atom is 0.174 e. The molecule has 0 bridgehead atoms. The summed E-state index contributed by atoms with van der Waals surface area (Å²) in [5, 5.41) is 4.50. The van der Waals surface area contributed by atoms with Gasteiger partial charge in [-0.25, -0.2) is 9.67 Å². The largest absolute Gasteiger partial charge is 0.378 e. The summed E-state index contributed by atoms with van der Waals surface area (Å²) in [4.78, 5) is 11.4. The summed E-state index contributed by atoms with van der Waals surface area (Å²) in [5.74, 6) is 2.28. The second kappa shape index (κ2) is 7.30. The van der Waals surface area contributed by atoms with Crippen LogP contribution in [0.2, 0.25) is 0 Å². The molecule has 0 amide bonds. The van der Waals surface area contributed by atoms with Crippen LogP contribution in [0, 0.1) is 19.8 Å². The number of piperidine rings is 1. The second-order valence-corrected chi connectivity index (χ2v) is 6.99. The Kier molecular flexibility index (Phi) is 5.14. The van der Waals surface area contributed by atoms with Crippen molar-refractivity contribution >= 4 is 5.82 Å². The summed E-state index contributed by atoms with van der Waals surface area (Å²) in [6.45, 7) is 11.2. The van der Waals surface area contributed by atoms with E-state index in [9.17, 15) is 0 Å². The van der Waals surface area contributed by atoms with Gasteiger partial charge in [-0.1, -0.05) is 13.8 Å². The van der Waals surface area contributed by atoms with Gasteiger partial charge in [-0.05, 0) is 38.7 Å². The van der Waals surface area contributed by atoms with Crippen molar-refractivity contribution in [1.29, 1.82) is 0 Å². The molecule has 0 radical (unpaired) electrons. The van der Waals surface area contributed by atoms with Gasteiger partial charge in [-0.15, -0.1) is 0 Å². The maximum atomic E-state index is 5.96. The van der Waals surface area contributed by atoms with Gasteiger partial charge >= 0.3 is 0 Å². The van der Waals surface area contributed by atoms with E-state index in [1.54, 1.807) is 6.20 Å². The molecular formula is C18H27N5O. The highest BCUT2D eigenvalue weighted by molar-refractivity contribution is 5.40. The molecule has 1 fully saturated rings. The number of rotatable bonds is 5. The third-order valence-corrected chi connectivity index (χ3v) is 4.27. The Hall–Kier alpha value is -1.95. The summed E-state index contributed by atoms with van der Waals surface area (Å²) >= 11 is 0. The Labute approximate surface area is 143 Å². The van der Waals surface area contributed by atoms with Crippen molar-refractivity contribution in [1.82, 2.24) is 19.7 Å². The quantitative estimate of drug-likeness (QED) is 0.844. The maximum absolute atomic E-state index is 5.96. The molecule has 0 N–H and O–H groups in total. The van der Waals surface area contributed by atoms with E-state index in [4.69, 9.17) is 9.72 Å². The van der Waals surface area contributed by atoms with E-state index in [2.05, 4.69) is 28.8 Å². The van der Waals surface area contributed by atoms with Gasteiger partial charge in [-0.3, -0.25) is 4.98 Å². The van der Waals surface area contributed by atoms with E-state index in [1.165, 1.54) is 0 Å². The molecule has 0 aromatic carbocycles. The average Bonchev–Trinajstić information content (AvgIpc) is 2.92. The van der Waals surface area contributed by atoms with E-state index in [-0.39, 0.29) is 0 Å². The zero-order valence-corrected chi connectivity index (χ0v) is 15.1. The van der Waals surface area contributed by atoms with E-state index >= 15 is 0 Å². The van der Waals surface area contributed by atoms with Gasteiger partial charge in [0.2, 0.25) is 0 Å². The molecular weight excluding hydrogens is 302 g/mol. The lowest BCUT2D eigenvalue weighted by Gasteiger charge is -2.33. The first-order valence-corrected chi connectivity index (χ1v) is 8.75. The Morgan fingerprint density at radius 2 is 1.88 bits per heavy atom. The molecule has 1 saturated heterocycles. The molecule has 130 valence electrons. The molecule has 3 rings (SSSR count). The summed E-state index contributed by atoms with van der Waals surface area (Å²) < 4.78 is 7.81. The van der Waals surface area contributed by atoms with Crippen molar-refractivity contribution < 1.29 is 4.74 Å². The molecule has 2 aromatic heterocycles. The molecule has 2 aromatic rings. The molecule has 1 aliphatic heterocycles. The van der Waals surface area contributed by atoms with Gasteiger partial charge in [0.25, 0.3) is 0 Å². The number of hydrogen-bond donors (Lipinski definition) is 0. The van der Waals surface area contributed by atoms with E-state index in [1.807, 2.05) is 30.8 Å². The number of ether oxygens (including phenoxy) is 1. The van der Waals surface area contributed by atoms with Crippen molar-refractivity contribution in [2.45, 2.75) is 46.6 Å². The Morgan fingerprint density at radius 1 is 1.17 bits per heavy atom. The van der Waals surface area contributed by atoms with Crippen LogP contribution in [0.25, 0.3) is 5.82 Å². The highest BCUT2D eigenvalue weighted by Crippen LogP contribution is 2.21. The lowest BCUT2D eigenvalue weighted by atomic mass is 10.1. The topological polar surface area (TPSA) is 56.1 Å². The zero-order valence-electron chi connectivity index (χ0n) is 15.1. The highest BCUT2D eigenvalue weighted by Gasteiger charge is 2.21. The van der Waals surface area contributed by atoms with Crippen LogP contribution in [0.1, 0.15) is 38.1 Å². The first-order valence-electron chi connectivity index (χ1n) is 8.75. The minimum absolute atomic E-state index is 0.371. The van der Waals surface area contributed by atoms with Gasteiger partial charge in [0.15, 0.2) is 5.82 Å². The molecule has 0 aliphatic carbocycles. The molecule has 0 saturated carbocycles. The molecule has 0 atom stereocenters. The minimum Gasteiger partial charge on any atom is -0.378 e. The monoisotopic (exact) mass is 329 g/mol. The Bertz CT molecular complexity index is 674. The van der Waals surface area contributed by atoms with Gasteiger partial charge in [-0.2, -0.15) is 5.10 Å². The first kappa shape index (κ1) is 16.9.